The second kappa shape index (κ2) is 17.3. The van der Waals surface area contributed by atoms with E-state index < -0.39 is 9.96 Å². The van der Waals surface area contributed by atoms with Crippen molar-refractivity contribution in [2.75, 3.05) is 5.32 Å². The van der Waals surface area contributed by atoms with Crippen molar-refractivity contribution >= 4 is 86.9 Å². The number of amides is 1. The van der Waals surface area contributed by atoms with E-state index in [2.05, 4.69) is 22.9 Å². The topological polar surface area (TPSA) is 53.2 Å². The fourth-order valence-corrected chi connectivity index (χ4v) is 4.16. The average Bonchev–Trinajstić information content (AvgIpc) is 2.73. The second-order valence-electron chi connectivity index (χ2n) is 8.05. The van der Waals surface area contributed by atoms with Gasteiger partial charge in [-0.15, -0.1) is 0 Å². The molecule has 0 saturated heterocycles. The minimum Gasteiger partial charge on any atom is -0.339 e. The molecular weight excluding hydrogens is 544 g/mol. The summed E-state index contributed by atoms with van der Waals surface area (Å²) in [5, 5.41) is 9.46. The van der Waals surface area contributed by atoms with Gasteiger partial charge in [-0.3, -0.25) is 4.79 Å². The first-order valence-corrected chi connectivity index (χ1v) is 13.8. The van der Waals surface area contributed by atoms with Crippen LogP contribution in [0.25, 0.3) is 0 Å². The van der Waals surface area contributed by atoms with E-state index in [9.17, 15) is 4.79 Å². The molecular formula is C23H34Cl5N3OS. The molecule has 10 heteroatoms. The Labute approximate surface area is 228 Å². The van der Waals surface area contributed by atoms with Crippen molar-refractivity contribution in [3.05, 3.63) is 28.2 Å². The van der Waals surface area contributed by atoms with Gasteiger partial charge in [-0.2, -0.15) is 0 Å². The zero-order valence-electron chi connectivity index (χ0n) is 19.0. The van der Waals surface area contributed by atoms with E-state index >= 15 is 0 Å². The van der Waals surface area contributed by atoms with Gasteiger partial charge in [0.1, 0.15) is 6.17 Å². The molecule has 0 unspecified atom stereocenters. The first-order chi connectivity index (χ1) is 15.6. The summed E-state index contributed by atoms with van der Waals surface area (Å²) >= 11 is 35.5. The Bertz CT molecular complexity index is 731. The predicted octanol–water partition coefficient (Wildman–Crippen LogP) is 8.79. The third-order valence-electron chi connectivity index (χ3n) is 5.09. The lowest BCUT2D eigenvalue weighted by Crippen LogP contribution is -2.56. The number of benzene rings is 1. The molecule has 0 aliphatic carbocycles. The fourth-order valence-electron chi connectivity index (χ4n) is 3.27. The zero-order valence-corrected chi connectivity index (χ0v) is 23.6. The number of rotatable bonds is 15. The van der Waals surface area contributed by atoms with E-state index in [4.69, 9.17) is 70.2 Å². The van der Waals surface area contributed by atoms with E-state index in [1.165, 1.54) is 51.4 Å². The van der Waals surface area contributed by atoms with Crippen LogP contribution < -0.4 is 16.0 Å². The number of alkyl halides is 3. The summed E-state index contributed by atoms with van der Waals surface area (Å²) in [6.45, 7) is 2.24. The van der Waals surface area contributed by atoms with Gasteiger partial charge in [-0.25, -0.2) is 0 Å². The molecule has 0 aromatic heterocycles. The van der Waals surface area contributed by atoms with Crippen molar-refractivity contribution in [2.24, 2.45) is 0 Å². The number of anilines is 1. The minimum atomic E-state index is -1.81. The van der Waals surface area contributed by atoms with Crippen LogP contribution in [0, 0.1) is 0 Å². The summed E-state index contributed by atoms with van der Waals surface area (Å²) in [6, 6.07) is 4.91. The lowest BCUT2D eigenvalue weighted by Gasteiger charge is -2.28. The van der Waals surface area contributed by atoms with E-state index in [1.54, 1.807) is 18.2 Å². The van der Waals surface area contributed by atoms with Gasteiger partial charge < -0.3 is 16.0 Å². The summed E-state index contributed by atoms with van der Waals surface area (Å²) in [7, 11) is 0. The van der Waals surface area contributed by atoms with E-state index in [0.717, 1.165) is 19.3 Å². The maximum Gasteiger partial charge on any atom is 0.228 e. The highest BCUT2D eigenvalue weighted by molar-refractivity contribution is 7.80. The summed E-state index contributed by atoms with van der Waals surface area (Å²) in [5.41, 5.74) is 0.497. The van der Waals surface area contributed by atoms with Crippen molar-refractivity contribution in [3.8, 4) is 0 Å². The molecule has 0 radical (unpaired) electrons. The molecule has 1 aromatic rings. The summed E-state index contributed by atoms with van der Waals surface area (Å²) < 4.78 is -1.81. The molecule has 3 N–H and O–H groups in total. The molecule has 4 nitrogen and oxygen atoms in total. The molecule has 0 saturated carbocycles. The number of nitrogens with one attached hydrogen (secondary N) is 3. The fraction of sp³-hybridized carbons (Fsp3) is 0.652. The molecule has 0 spiro atoms. The first kappa shape index (κ1) is 30.9. The molecule has 188 valence electrons. The maximum absolute atomic E-state index is 12.4. The SMILES string of the molecule is CCCCCCCCCCCCCC(=O)N[C@H](NC(=S)Nc1cc(Cl)ccc1Cl)C(Cl)(Cl)Cl. The van der Waals surface area contributed by atoms with Gasteiger partial charge in [0.05, 0.1) is 10.7 Å². The molecule has 1 rings (SSSR count). The normalized spacial score (nSPS) is 12.3. The van der Waals surface area contributed by atoms with Gasteiger partial charge in [0, 0.05) is 11.4 Å². The number of halogens is 5. The molecule has 1 atom stereocenters. The van der Waals surface area contributed by atoms with Crippen molar-refractivity contribution < 1.29 is 4.79 Å². The summed E-state index contributed by atoms with van der Waals surface area (Å²) in [5.74, 6) is -0.210. The molecule has 0 heterocycles. The van der Waals surface area contributed by atoms with E-state index in [-0.39, 0.29) is 11.0 Å². The molecule has 0 aliphatic heterocycles. The number of hydrogen-bond acceptors (Lipinski definition) is 2. The predicted molar refractivity (Wildman–Crippen MR) is 149 cm³/mol. The maximum atomic E-state index is 12.4. The van der Waals surface area contributed by atoms with Crippen LogP contribution in [0.3, 0.4) is 0 Å². The number of unbranched alkanes of at least 4 members (excludes halogenated alkanes) is 10. The van der Waals surface area contributed by atoms with Crippen LogP contribution in [-0.2, 0) is 4.79 Å². The average molecular weight is 578 g/mol. The molecule has 33 heavy (non-hydrogen) atoms. The zero-order chi connectivity index (χ0) is 24.7. The standard InChI is InChI=1S/C23H34Cl5N3OS/c1-2-3-4-5-6-7-8-9-10-11-12-13-20(32)30-21(23(26,27)28)31-22(33)29-19-16-17(24)14-15-18(19)25/h14-16,21H,2-13H2,1H3,(H,30,32)(H2,29,31,33)/t21-/m1/s1. The number of carbonyl (C=O) groups is 1. The van der Waals surface area contributed by atoms with E-state index in [1.807, 2.05) is 0 Å². The van der Waals surface area contributed by atoms with Gasteiger partial charge in [-0.1, -0.05) is 129 Å². The lowest BCUT2D eigenvalue weighted by atomic mass is 10.1. The van der Waals surface area contributed by atoms with Crippen molar-refractivity contribution in [1.29, 1.82) is 0 Å². The van der Waals surface area contributed by atoms with Crippen LogP contribution in [0.15, 0.2) is 18.2 Å². The summed E-state index contributed by atoms with van der Waals surface area (Å²) in [6.07, 6.45) is 12.7. The Morgan fingerprint density at radius 3 is 2.00 bits per heavy atom. The molecule has 0 aliphatic rings. The number of hydrogen-bond donors (Lipinski definition) is 3. The quantitative estimate of drug-likeness (QED) is 0.0844. The van der Waals surface area contributed by atoms with Gasteiger partial charge >= 0.3 is 0 Å². The Kier molecular flexibility index (Phi) is 16.2. The third kappa shape index (κ3) is 14.7. The highest BCUT2D eigenvalue weighted by Crippen LogP contribution is 2.30. The van der Waals surface area contributed by atoms with Crippen LogP contribution >= 0.6 is 70.2 Å². The Hall–Kier alpha value is -0.170. The first-order valence-electron chi connectivity index (χ1n) is 11.5. The van der Waals surface area contributed by atoms with Gasteiger partial charge in [0.25, 0.3) is 0 Å². The smallest absolute Gasteiger partial charge is 0.228 e. The van der Waals surface area contributed by atoms with Gasteiger partial charge in [-0.05, 0) is 36.8 Å². The highest BCUT2D eigenvalue weighted by atomic mass is 35.6. The van der Waals surface area contributed by atoms with Crippen LogP contribution in [0.5, 0.6) is 0 Å². The van der Waals surface area contributed by atoms with Crippen LogP contribution in [0.1, 0.15) is 84.0 Å². The van der Waals surface area contributed by atoms with Crippen LogP contribution in [0.2, 0.25) is 10.0 Å². The molecule has 1 aromatic carbocycles. The van der Waals surface area contributed by atoms with Crippen molar-refractivity contribution in [1.82, 2.24) is 10.6 Å². The Morgan fingerprint density at radius 2 is 1.45 bits per heavy atom. The number of carbonyl (C=O) groups excluding carboxylic acids is 1. The second-order valence-corrected chi connectivity index (χ2v) is 11.7. The minimum absolute atomic E-state index is 0.130. The molecule has 0 bridgehead atoms. The largest absolute Gasteiger partial charge is 0.339 e. The van der Waals surface area contributed by atoms with E-state index in [0.29, 0.717) is 22.2 Å². The van der Waals surface area contributed by atoms with Gasteiger partial charge in [0.2, 0.25) is 9.70 Å². The Balaban J connectivity index is 2.31. The molecule has 1 amide bonds. The monoisotopic (exact) mass is 575 g/mol. The Morgan fingerprint density at radius 1 is 0.909 bits per heavy atom. The van der Waals surface area contributed by atoms with Crippen molar-refractivity contribution in [3.63, 3.8) is 0 Å². The van der Waals surface area contributed by atoms with Crippen LogP contribution in [0.4, 0.5) is 5.69 Å². The lowest BCUT2D eigenvalue weighted by molar-refractivity contribution is -0.122. The highest BCUT2D eigenvalue weighted by Gasteiger charge is 2.34. The summed E-state index contributed by atoms with van der Waals surface area (Å²) in [4.78, 5) is 12.4. The van der Waals surface area contributed by atoms with Gasteiger partial charge in [0.15, 0.2) is 5.11 Å². The number of thiocarbonyl (C=S) groups is 1. The van der Waals surface area contributed by atoms with Crippen LogP contribution in [-0.4, -0.2) is 21.0 Å². The molecule has 0 fully saturated rings. The van der Waals surface area contributed by atoms with Crippen molar-refractivity contribution in [2.45, 2.75) is 93.9 Å². The third-order valence-corrected chi connectivity index (χ3v) is 6.53.